The molecule has 2 aliphatic heterocycles. The largest absolute Gasteiger partial charge is 0.363 e. The Hall–Kier alpha value is -1.81. The lowest BCUT2D eigenvalue weighted by atomic mass is 10.1. The van der Waals surface area contributed by atoms with E-state index in [0.29, 0.717) is 12.6 Å². The van der Waals surface area contributed by atoms with Crippen LogP contribution in [-0.4, -0.2) is 56.0 Å². The second-order valence-electron chi connectivity index (χ2n) is 8.34. The van der Waals surface area contributed by atoms with Crippen LogP contribution in [0, 0.1) is 0 Å². The number of thiophene rings is 1. The van der Waals surface area contributed by atoms with Gasteiger partial charge in [0, 0.05) is 51.4 Å². The third-order valence-electron chi connectivity index (χ3n) is 6.15. The van der Waals surface area contributed by atoms with E-state index in [2.05, 4.69) is 44.1 Å². The van der Waals surface area contributed by atoms with Crippen molar-refractivity contribution in [2.45, 2.75) is 44.7 Å². The molecule has 0 bridgehead atoms. The number of nitrogens with one attached hydrogen (secondary N) is 2. The van der Waals surface area contributed by atoms with Gasteiger partial charge in [-0.3, -0.25) is 9.79 Å². The maximum Gasteiger partial charge on any atom is 0.253 e. The fourth-order valence-electron chi connectivity index (χ4n) is 4.36. The Morgan fingerprint density at radius 1 is 1.09 bits per heavy atom. The van der Waals surface area contributed by atoms with E-state index in [-0.39, 0.29) is 29.9 Å². The first-order valence-corrected chi connectivity index (χ1v) is 12.2. The Morgan fingerprint density at radius 3 is 2.56 bits per heavy atom. The maximum atomic E-state index is 12.8. The summed E-state index contributed by atoms with van der Waals surface area (Å²) >= 11 is 1.81. The van der Waals surface area contributed by atoms with Crippen molar-refractivity contribution in [3.05, 3.63) is 52.9 Å². The van der Waals surface area contributed by atoms with E-state index >= 15 is 0 Å². The van der Waals surface area contributed by atoms with Gasteiger partial charge in [0.15, 0.2) is 5.96 Å². The predicted molar refractivity (Wildman–Crippen MR) is 144 cm³/mol. The summed E-state index contributed by atoms with van der Waals surface area (Å²) in [6, 6.07) is 12.7. The number of carbonyl (C=O) groups excluding carboxylic acids is 1. The van der Waals surface area contributed by atoms with Crippen molar-refractivity contribution in [3.8, 4) is 0 Å². The summed E-state index contributed by atoms with van der Waals surface area (Å²) in [5, 5.41) is 10.5. The lowest BCUT2D eigenvalue weighted by molar-refractivity contribution is 0.0724. The number of carbonyl (C=O) groups is 1. The molecule has 1 amide bonds. The number of aliphatic imine (C=N–C) groups is 1. The van der Waals surface area contributed by atoms with Gasteiger partial charge in [-0.1, -0.05) is 12.1 Å². The minimum atomic E-state index is 0. The summed E-state index contributed by atoms with van der Waals surface area (Å²) < 4.78 is 0. The minimum Gasteiger partial charge on any atom is -0.363 e. The Balaban J connectivity index is 0.00000289. The van der Waals surface area contributed by atoms with Crippen molar-refractivity contribution >= 4 is 52.2 Å². The van der Waals surface area contributed by atoms with Crippen LogP contribution in [0.4, 0.5) is 5.00 Å². The molecule has 32 heavy (non-hydrogen) atoms. The van der Waals surface area contributed by atoms with Gasteiger partial charge >= 0.3 is 0 Å². The molecule has 6 nitrogen and oxygen atoms in total. The van der Waals surface area contributed by atoms with Crippen LogP contribution >= 0.6 is 35.3 Å². The van der Waals surface area contributed by atoms with Gasteiger partial charge in [-0.05, 0) is 67.3 Å². The Labute approximate surface area is 212 Å². The standard InChI is InChI=1S/C24H33N5OS.HI/c1-25-24(27-21-10-14-28(15-11-21)22-9-6-16-31-22)26-18-19-7-5-8-20(17-19)23(30)29-12-3-2-4-13-29;/h5-9,16-17,21H,2-4,10-15,18H2,1H3,(H2,25,26,27);1H. The van der Waals surface area contributed by atoms with Crippen LogP contribution in [0.15, 0.2) is 46.8 Å². The normalized spacial score (nSPS) is 17.6. The van der Waals surface area contributed by atoms with E-state index in [4.69, 9.17) is 0 Å². The summed E-state index contributed by atoms with van der Waals surface area (Å²) in [6.45, 7) is 4.53. The minimum absolute atomic E-state index is 0. The molecule has 1 aromatic carbocycles. The summed E-state index contributed by atoms with van der Waals surface area (Å²) in [5.74, 6) is 0.976. The topological polar surface area (TPSA) is 60.0 Å². The number of amides is 1. The lowest BCUT2D eigenvalue weighted by Gasteiger charge is -2.33. The van der Waals surface area contributed by atoms with Crippen LogP contribution in [-0.2, 0) is 6.54 Å². The summed E-state index contributed by atoms with van der Waals surface area (Å²) in [4.78, 5) is 21.6. The van der Waals surface area contributed by atoms with E-state index in [1.807, 2.05) is 41.5 Å². The number of piperidine rings is 2. The van der Waals surface area contributed by atoms with Gasteiger partial charge in [0.25, 0.3) is 5.91 Å². The van der Waals surface area contributed by atoms with Crippen LogP contribution in [0.1, 0.15) is 48.0 Å². The van der Waals surface area contributed by atoms with Gasteiger partial charge < -0.3 is 20.4 Å². The number of hydrogen-bond donors (Lipinski definition) is 2. The van der Waals surface area contributed by atoms with Crippen molar-refractivity contribution in [2.24, 2.45) is 4.99 Å². The molecule has 2 N–H and O–H groups in total. The third kappa shape index (κ3) is 6.60. The van der Waals surface area contributed by atoms with E-state index < -0.39 is 0 Å². The first-order chi connectivity index (χ1) is 15.2. The predicted octanol–water partition coefficient (Wildman–Crippen LogP) is 4.33. The maximum absolute atomic E-state index is 12.8. The Bertz CT molecular complexity index is 874. The Kier molecular flexibility index (Phi) is 9.65. The second-order valence-corrected chi connectivity index (χ2v) is 9.26. The number of likely N-dealkylation sites (tertiary alicyclic amines) is 1. The van der Waals surface area contributed by atoms with Gasteiger partial charge in [-0.2, -0.15) is 0 Å². The molecular weight excluding hydrogens is 533 g/mol. The first kappa shape index (κ1) is 24.8. The first-order valence-electron chi connectivity index (χ1n) is 11.4. The average Bonchev–Trinajstić information content (AvgIpc) is 3.37. The number of halogens is 1. The molecule has 174 valence electrons. The lowest BCUT2D eigenvalue weighted by Crippen LogP contribution is -2.48. The molecule has 8 heteroatoms. The van der Waals surface area contributed by atoms with E-state index in [9.17, 15) is 4.79 Å². The van der Waals surface area contributed by atoms with Gasteiger partial charge in [-0.15, -0.1) is 35.3 Å². The molecule has 0 unspecified atom stereocenters. The van der Waals surface area contributed by atoms with Crippen molar-refractivity contribution in [1.29, 1.82) is 0 Å². The van der Waals surface area contributed by atoms with E-state index in [1.165, 1.54) is 11.4 Å². The second kappa shape index (κ2) is 12.4. The third-order valence-corrected chi connectivity index (χ3v) is 7.08. The van der Waals surface area contributed by atoms with Crippen molar-refractivity contribution in [1.82, 2.24) is 15.5 Å². The number of guanidine groups is 1. The van der Waals surface area contributed by atoms with Crippen LogP contribution < -0.4 is 15.5 Å². The van der Waals surface area contributed by atoms with Crippen molar-refractivity contribution < 1.29 is 4.79 Å². The van der Waals surface area contributed by atoms with Gasteiger partial charge in [0.2, 0.25) is 0 Å². The highest BCUT2D eigenvalue weighted by atomic mass is 127. The molecule has 0 atom stereocenters. The molecule has 2 aliphatic rings. The van der Waals surface area contributed by atoms with Crippen LogP contribution in [0.5, 0.6) is 0 Å². The molecule has 2 fully saturated rings. The quantitative estimate of drug-likeness (QED) is 0.321. The molecule has 0 aliphatic carbocycles. The fourth-order valence-corrected chi connectivity index (χ4v) is 5.15. The van der Waals surface area contributed by atoms with E-state index in [1.54, 1.807) is 0 Å². The molecule has 3 heterocycles. The van der Waals surface area contributed by atoms with Gasteiger partial charge in [0.05, 0.1) is 5.00 Å². The molecule has 2 saturated heterocycles. The Morgan fingerprint density at radius 2 is 1.88 bits per heavy atom. The number of rotatable bonds is 5. The molecule has 4 rings (SSSR count). The van der Waals surface area contributed by atoms with Crippen LogP contribution in [0.25, 0.3) is 0 Å². The number of hydrogen-bond acceptors (Lipinski definition) is 4. The van der Waals surface area contributed by atoms with Crippen molar-refractivity contribution in [2.75, 3.05) is 38.1 Å². The van der Waals surface area contributed by atoms with E-state index in [0.717, 1.165) is 68.9 Å². The highest BCUT2D eigenvalue weighted by molar-refractivity contribution is 14.0. The molecule has 0 saturated carbocycles. The molecule has 2 aromatic rings. The number of anilines is 1. The van der Waals surface area contributed by atoms with Crippen LogP contribution in [0.3, 0.4) is 0 Å². The molecular formula is C24H34IN5OS. The monoisotopic (exact) mass is 567 g/mol. The summed E-state index contributed by atoms with van der Waals surface area (Å²) in [7, 11) is 1.81. The van der Waals surface area contributed by atoms with Crippen LogP contribution in [0.2, 0.25) is 0 Å². The number of nitrogens with zero attached hydrogens (tertiary/aromatic N) is 3. The molecule has 1 aromatic heterocycles. The average molecular weight is 568 g/mol. The smallest absolute Gasteiger partial charge is 0.253 e. The highest BCUT2D eigenvalue weighted by Crippen LogP contribution is 2.24. The highest BCUT2D eigenvalue weighted by Gasteiger charge is 2.21. The summed E-state index contributed by atoms with van der Waals surface area (Å²) in [5.41, 5.74) is 1.88. The zero-order valence-corrected chi connectivity index (χ0v) is 21.9. The molecule has 0 radical (unpaired) electrons. The summed E-state index contributed by atoms with van der Waals surface area (Å²) in [6.07, 6.45) is 5.65. The zero-order valence-electron chi connectivity index (χ0n) is 18.8. The van der Waals surface area contributed by atoms with Gasteiger partial charge in [0.1, 0.15) is 0 Å². The number of benzene rings is 1. The zero-order chi connectivity index (χ0) is 21.5. The fraction of sp³-hybridized carbons (Fsp3) is 0.500. The SMILES string of the molecule is CN=C(NCc1cccc(C(=O)N2CCCCC2)c1)NC1CCN(c2cccs2)CC1.I. The van der Waals surface area contributed by atoms with Gasteiger partial charge in [-0.25, -0.2) is 0 Å². The van der Waals surface area contributed by atoms with Crippen molar-refractivity contribution in [3.63, 3.8) is 0 Å². The molecule has 0 spiro atoms.